The standard InChI is InChI=1S/C12H20N2O2/c1-10(12(15)16)8-13-5-3-7-14-6-2-4-11(14)9-13/h11H,1-9H2,(H,15,16). The van der Waals surface area contributed by atoms with E-state index in [1.165, 1.54) is 25.9 Å². The summed E-state index contributed by atoms with van der Waals surface area (Å²) in [6.07, 6.45) is 3.69. The molecular weight excluding hydrogens is 204 g/mol. The Bertz CT molecular complexity index is 291. The van der Waals surface area contributed by atoms with Crippen molar-refractivity contribution in [2.75, 3.05) is 32.7 Å². The van der Waals surface area contributed by atoms with Crippen molar-refractivity contribution in [3.05, 3.63) is 12.2 Å². The second kappa shape index (κ2) is 4.97. The number of hydrogen-bond acceptors (Lipinski definition) is 3. The van der Waals surface area contributed by atoms with Crippen molar-refractivity contribution in [3.8, 4) is 0 Å². The van der Waals surface area contributed by atoms with Gasteiger partial charge in [-0.15, -0.1) is 0 Å². The molecule has 2 rings (SSSR count). The Balaban J connectivity index is 1.90. The van der Waals surface area contributed by atoms with Gasteiger partial charge in [0.25, 0.3) is 0 Å². The number of carbonyl (C=O) groups is 1. The van der Waals surface area contributed by atoms with Crippen molar-refractivity contribution in [3.63, 3.8) is 0 Å². The van der Waals surface area contributed by atoms with Gasteiger partial charge in [0.1, 0.15) is 0 Å². The highest BCUT2D eigenvalue weighted by molar-refractivity contribution is 5.86. The zero-order chi connectivity index (χ0) is 11.5. The molecule has 0 aromatic carbocycles. The van der Waals surface area contributed by atoms with Gasteiger partial charge >= 0.3 is 5.97 Å². The summed E-state index contributed by atoms with van der Waals surface area (Å²) in [5.41, 5.74) is 0.312. The highest BCUT2D eigenvalue weighted by Crippen LogP contribution is 2.21. The quantitative estimate of drug-likeness (QED) is 0.720. The summed E-state index contributed by atoms with van der Waals surface area (Å²) >= 11 is 0. The maximum absolute atomic E-state index is 10.8. The van der Waals surface area contributed by atoms with Crippen molar-refractivity contribution in [2.45, 2.75) is 25.3 Å². The molecule has 90 valence electrons. The molecule has 1 unspecified atom stereocenters. The van der Waals surface area contributed by atoms with E-state index in [4.69, 9.17) is 5.11 Å². The number of hydrogen-bond donors (Lipinski definition) is 1. The van der Waals surface area contributed by atoms with Crippen LogP contribution in [0.25, 0.3) is 0 Å². The molecule has 0 saturated carbocycles. The fourth-order valence-electron chi connectivity index (χ4n) is 2.76. The van der Waals surface area contributed by atoms with Crippen LogP contribution in [0.3, 0.4) is 0 Å². The Morgan fingerprint density at radius 3 is 2.81 bits per heavy atom. The minimum atomic E-state index is -0.868. The molecule has 0 radical (unpaired) electrons. The molecule has 0 amide bonds. The van der Waals surface area contributed by atoms with Gasteiger partial charge in [0.05, 0.1) is 0 Å². The third-order valence-electron chi connectivity index (χ3n) is 3.60. The lowest BCUT2D eigenvalue weighted by Crippen LogP contribution is -2.37. The first-order valence-corrected chi connectivity index (χ1v) is 6.04. The van der Waals surface area contributed by atoms with E-state index in [0.717, 1.165) is 19.5 Å². The van der Waals surface area contributed by atoms with E-state index in [1.807, 2.05) is 0 Å². The summed E-state index contributed by atoms with van der Waals surface area (Å²) in [6, 6.07) is 0.643. The average Bonchev–Trinajstić information content (AvgIpc) is 2.57. The van der Waals surface area contributed by atoms with Gasteiger partial charge in [-0.25, -0.2) is 4.79 Å². The van der Waals surface area contributed by atoms with Gasteiger partial charge < -0.3 is 5.11 Å². The molecule has 0 aliphatic carbocycles. The molecule has 2 saturated heterocycles. The summed E-state index contributed by atoms with van der Waals surface area (Å²) in [5, 5.41) is 8.83. The van der Waals surface area contributed by atoms with Gasteiger partial charge in [0, 0.05) is 24.7 Å². The van der Waals surface area contributed by atoms with Gasteiger partial charge in [-0.2, -0.15) is 0 Å². The zero-order valence-electron chi connectivity index (χ0n) is 9.69. The molecule has 2 aliphatic rings. The first-order valence-electron chi connectivity index (χ1n) is 6.04. The maximum atomic E-state index is 10.8. The Morgan fingerprint density at radius 1 is 1.31 bits per heavy atom. The minimum absolute atomic E-state index is 0.312. The third-order valence-corrected chi connectivity index (χ3v) is 3.60. The van der Waals surface area contributed by atoms with Crippen LogP contribution >= 0.6 is 0 Å². The van der Waals surface area contributed by atoms with Crippen molar-refractivity contribution in [1.82, 2.24) is 9.80 Å². The summed E-state index contributed by atoms with van der Waals surface area (Å²) < 4.78 is 0. The van der Waals surface area contributed by atoms with Gasteiger partial charge in [-0.1, -0.05) is 6.58 Å². The van der Waals surface area contributed by atoms with Crippen LogP contribution in [-0.4, -0.2) is 59.6 Å². The molecule has 16 heavy (non-hydrogen) atoms. The molecule has 1 N–H and O–H groups in total. The molecule has 1 atom stereocenters. The van der Waals surface area contributed by atoms with Crippen LogP contribution in [0.1, 0.15) is 19.3 Å². The molecule has 0 aromatic heterocycles. The van der Waals surface area contributed by atoms with Crippen LogP contribution in [0.4, 0.5) is 0 Å². The predicted octanol–water partition coefficient (Wildman–Crippen LogP) is 0.797. The van der Waals surface area contributed by atoms with E-state index in [2.05, 4.69) is 16.4 Å². The Labute approximate surface area is 96.5 Å². The first-order chi connectivity index (χ1) is 7.66. The smallest absolute Gasteiger partial charge is 0.332 e. The lowest BCUT2D eigenvalue weighted by atomic mass is 10.2. The monoisotopic (exact) mass is 224 g/mol. The zero-order valence-corrected chi connectivity index (χ0v) is 9.69. The number of carboxylic acids is 1. The molecular formula is C12H20N2O2. The third kappa shape index (κ3) is 2.62. The topological polar surface area (TPSA) is 43.8 Å². The highest BCUT2D eigenvalue weighted by Gasteiger charge is 2.28. The second-order valence-electron chi connectivity index (χ2n) is 4.83. The van der Waals surface area contributed by atoms with E-state index in [1.54, 1.807) is 0 Å². The number of nitrogens with zero attached hydrogens (tertiary/aromatic N) is 2. The molecule has 2 aliphatic heterocycles. The Hall–Kier alpha value is -0.870. The predicted molar refractivity (Wildman–Crippen MR) is 62.4 cm³/mol. The SMILES string of the molecule is C=C(CN1CCCN2CCCC2C1)C(=O)O. The molecule has 4 nitrogen and oxygen atoms in total. The number of aliphatic carboxylic acids is 1. The van der Waals surface area contributed by atoms with Crippen molar-refractivity contribution >= 4 is 5.97 Å². The molecule has 0 spiro atoms. The van der Waals surface area contributed by atoms with E-state index in [-0.39, 0.29) is 0 Å². The van der Waals surface area contributed by atoms with Crippen LogP contribution in [-0.2, 0) is 4.79 Å². The largest absolute Gasteiger partial charge is 0.478 e. The van der Waals surface area contributed by atoms with E-state index in [0.29, 0.717) is 18.2 Å². The van der Waals surface area contributed by atoms with E-state index < -0.39 is 5.97 Å². The fourth-order valence-corrected chi connectivity index (χ4v) is 2.76. The van der Waals surface area contributed by atoms with E-state index >= 15 is 0 Å². The highest BCUT2D eigenvalue weighted by atomic mass is 16.4. The molecule has 2 fully saturated rings. The van der Waals surface area contributed by atoms with Crippen LogP contribution < -0.4 is 0 Å². The summed E-state index contributed by atoms with van der Waals surface area (Å²) in [6.45, 7) is 8.52. The lowest BCUT2D eigenvalue weighted by molar-refractivity contribution is -0.132. The molecule has 0 aromatic rings. The fraction of sp³-hybridized carbons (Fsp3) is 0.750. The maximum Gasteiger partial charge on any atom is 0.332 e. The van der Waals surface area contributed by atoms with Gasteiger partial charge in [0.15, 0.2) is 0 Å². The molecule has 4 heteroatoms. The second-order valence-corrected chi connectivity index (χ2v) is 4.83. The first kappa shape index (κ1) is 11.6. The van der Waals surface area contributed by atoms with Gasteiger partial charge in [-0.3, -0.25) is 9.80 Å². The Morgan fingerprint density at radius 2 is 2.06 bits per heavy atom. The van der Waals surface area contributed by atoms with Crippen LogP contribution in [0, 0.1) is 0 Å². The van der Waals surface area contributed by atoms with Crippen LogP contribution in [0.5, 0.6) is 0 Å². The minimum Gasteiger partial charge on any atom is -0.478 e. The molecule has 0 bridgehead atoms. The molecule has 2 heterocycles. The summed E-state index contributed by atoms with van der Waals surface area (Å²) in [5.74, 6) is -0.868. The Kier molecular flexibility index (Phi) is 3.61. The van der Waals surface area contributed by atoms with Crippen molar-refractivity contribution < 1.29 is 9.90 Å². The van der Waals surface area contributed by atoms with Crippen molar-refractivity contribution in [2.24, 2.45) is 0 Å². The van der Waals surface area contributed by atoms with Crippen molar-refractivity contribution in [1.29, 1.82) is 0 Å². The number of carboxylic acid groups (broad SMARTS) is 1. The van der Waals surface area contributed by atoms with Crippen LogP contribution in [0.2, 0.25) is 0 Å². The lowest BCUT2D eigenvalue weighted by Gasteiger charge is -2.25. The average molecular weight is 224 g/mol. The summed E-state index contributed by atoms with van der Waals surface area (Å²) in [4.78, 5) is 15.5. The van der Waals surface area contributed by atoms with Gasteiger partial charge in [-0.05, 0) is 38.9 Å². The normalized spacial score (nSPS) is 27.4. The number of fused-ring (bicyclic) bond motifs is 1. The van der Waals surface area contributed by atoms with Crippen LogP contribution in [0.15, 0.2) is 12.2 Å². The summed E-state index contributed by atoms with van der Waals surface area (Å²) in [7, 11) is 0. The number of rotatable bonds is 3. The van der Waals surface area contributed by atoms with Gasteiger partial charge in [0.2, 0.25) is 0 Å². The van der Waals surface area contributed by atoms with E-state index in [9.17, 15) is 4.79 Å².